The maximum atomic E-state index is 5.04. The Labute approximate surface area is 74.8 Å². The fourth-order valence-electron chi connectivity index (χ4n) is 0.870. The second kappa shape index (κ2) is 5.58. The molecule has 0 spiro atoms. The minimum absolute atomic E-state index is 1.14. The highest BCUT2D eigenvalue weighted by atomic mass is 16.6. The van der Waals surface area contributed by atoms with Crippen LogP contribution in [-0.4, -0.2) is 7.11 Å². The molecule has 1 rings (SSSR count). The molecule has 0 N–H and O–H groups in total. The van der Waals surface area contributed by atoms with Crippen LogP contribution in [0.15, 0.2) is 18.3 Å². The number of hydrogen-bond donors (Lipinski definition) is 0. The summed E-state index contributed by atoms with van der Waals surface area (Å²) < 4.78 is 1.75. The fraction of sp³-hybridized carbons (Fsp3) is 0.500. The largest absolute Gasteiger partial charge is 0.274 e. The molecule has 0 aliphatic carbocycles. The molecule has 0 aliphatic rings. The van der Waals surface area contributed by atoms with E-state index >= 15 is 0 Å². The highest BCUT2D eigenvalue weighted by molar-refractivity contribution is 5.10. The van der Waals surface area contributed by atoms with E-state index in [1.54, 1.807) is 11.8 Å². The summed E-state index contributed by atoms with van der Waals surface area (Å²) in [5, 5.41) is 0. The van der Waals surface area contributed by atoms with Crippen molar-refractivity contribution in [3.8, 4) is 0 Å². The average molecular weight is 168 g/mol. The van der Waals surface area contributed by atoms with Gasteiger partial charge in [0.15, 0.2) is 0 Å². The first-order chi connectivity index (χ1) is 5.75. The summed E-state index contributed by atoms with van der Waals surface area (Å²) in [5.41, 5.74) is 2.38. The molecule has 2 nitrogen and oxygen atoms in total. The van der Waals surface area contributed by atoms with Crippen molar-refractivity contribution < 1.29 is 9.57 Å². The Morgan fingerprint density at radius 1 is 1.25 bits per heavy atom. The van der Waals surface area contributed by atoms with E-state index in [-0.39, 0.29) is 0 Å². The van der Waals surface area contributed by atoms with Crippen molar-refractivity contribution in [3.05, 3.63) is 29.6 Å². The number of pyridine rings is 1. The van der Waals surface area contributed by atoms with Gasteiger partial charge in [0.1, 0.15) is 7.11 Å². The smallest absolute Gasteiger partial charge is 0.234 e. The van der Waals surface area contributed by atoms with E-state index in [2.05, 4.69) is 13.0 Å². The molecule has 2 heteroatoms. The van der Waals surface area contributed by atoms with Gasteiger partial charge in [-0.25, -0.2) is 0 Å². The van der Waals surface area contributed by atoms with Crippen molar-refractivity contribution in [1.82, 2.24) is 0 Å². The average Bonchev–Trinajstić information content (AvgIpc) is 2.13. The molecular weight excluding hydrogens is 150 g/mol. The number of rotatable bonds is 1. The highest BCUT2D eigenvalue weighted by Crippen LogP contribution is 1.96. The van der Waals surface area contributed by atoms with Crippen LogP contribution in [0.2, 0.25) is 0 Å². The lowest BCUT2D eigenvalue weighted by atomic mass is 10.2. The normalized spacial score (nSPS) is 8.42. The van der Waals surface area contributed by atoms with E-state index in [0.717, 1.165) is 5.69 Å². The summed E-state index contributed by atoms with van der Waals surface area (Å²) in [6.07, 6.45) is 1.89. The lowest BCUT2D eigenvalue weighted by molar-refractivity contribution is -0.889. The van der Waals surface area contributed by atoms with Crippen LogP contribution in [0.5, 0.6) is 0 Å². The Hall–Kier alpha value is -1.05. The van der Waals surface area contributed by atoms with Crippen molar-refractivity contribution in [2.45, 2.75) is 27.7 Å². The maximum Gasteiger partial charge on any atom is 0.234 e. The van der Waals surface area contributed by atoms with Crippen molar-refractivity contribution in [1.29, 1.82) is 0 Å². The molecule has 1 aromatic rings. The lowest BCUT2D eigenvalue weighted by Crippen LogP contribution is -2.43. The highest BCUT2D eigenvalue weighted by Gasteiger charge is 2.06. The lowest BCUT2D eigenvalue weighted by Gasteiger charge is -1.96. The molecule has 68 valence electrons. The van der Waals surface area contributed by atoms with Gasteiger partial charge in [0.05, 0.1) is 0 Å². The van der Waals surface area contributed by atoms with E-state index in [9.17, 15) is 0 Å². The predicted octanol–water partition coefficient (Wildman–Crippen LogP) is 1.68. The third kappa shape index (κ3) is 2.53. The van der Waals surface area contributed by atoms with Gasteiger partial charge in [-0.1, -0.05) is 13.8 Å². The van der Waals surface area contributed by atoms with Crippen LogP contribution < -0.4 is 9.57 Å². The van der Waals surface area contributed by atoms with Crippen molar-refractivity contribution in [2.75, 3.05) is 7.11 Å². The third-order valence-corrected chi connectivity index (χ3v) is 1.67. The first-order valence-electron chi connectivity index (χ1n) is 4.28. The minimum atomic E-state index is 1.14. The van der Waals surface area contributed by atoms with Crippen LogP contribution in [0, 0.1) is 13.8 Å². The van der Waals surface area contributed by atoms with Crippen LogP contribution in [0.25, 0.3) is 0 Å². The molecule has 0 saturated heterocycles. The van der Waals surface area contributed by atoms with Crippen LogP contribution in [-0.2, 0) is 0 Å². The van der Waals surface area contributed by atoms with Gasteiger partial charge in [-0.3, -0.25) is 4.84 Å². The quantitative estimate of drug-likeness (QED) is 0.581. The molecule has 0 aromatic carbocycles. The number of nitrogens with zero attached hydrogens (tertiary/aromatic N) is 1. The Bertz CT molecular complexity index is 233. The third-order valence-electron chi connectivity index (χ3n) is 1.67. The molecular formula is C10H18NO+. The van der Waals surface area contributed by atoms with Gasteiger partial charge in [-0.05, 0) is 13.0 Å². The molecule has 0 fully saturated rings. The number of hydrogen-bond acceptors (Lipinski definition) is 1. The SMILES string of the molecule is CC.CO[n+]1cccc(C)c1C. The second-order valence-corrected chi connectivity index (χ2v) is 2.28. The van der Waals surface area contributed by atoms with Crippen LogP contribution >= 0.6 is 0 Å². The molecule has 1 heterocycles. The number of aryl methyl sites for hydroxylation is 1. The Morgan fingerprint density at radius 3 is 2.25 bits per heavy atom. The van der Waals surface area contributed by atoms with Gasteiger partial charge < -0.3 is 0 Å². The summed E-state index contributed by atoms with van der Waals surface area (Å²) in [6, 6.07) is 4.02. The van der Waals surface area contributed by atoms with Crippen molar-refractivity contribution >= 4 is 0 Å². The van der Waals surface area contributed by atoms with Gasteiger partial charge in [-0.15, -0.1) is 0 Å². The Kier molecular flexibility index (Phi) is 5.09. The Balaban J connectivity index is 0.000000561. The maximum absolute atomic E-state index is 5.04. The molecule has 1 aromatic heterocycles. The van der Waals surface area contributed by atoms with Gasteiger partial charge in [0.2, 0.25) is 11.9 Å². The summed E-state index contributed by atoms with van der Waals surface area (Å²) >= 11 is 0. The molecule has 12 heavy (non-hydrogen) atoms. The van der Waals surface area contributed by atoms with Gasteiger partial charge in [0.25, 0.3) is 0 Å². The molecule has 0 unspecified atom stereocenters. The standard InChI is InChI=1S/C8H12NO.C2H6/c1-7-5-4-6-9(10-3)8(7)2;1-2/h4-6H,1-3H3;1-2H3/q+1;. The number of aromatic nitrogens is 1. The zero-order valence-corrected chi connectivity index (χ0v) is 8.59. The van der Waals surface area contributed by atoms with E-state index in [0.29, 0.717) is 0 Å². The predicted molar refractivity (Wildman–Crippen MR) is 50.0 cm³/mol. The van der Waals surface area contributed by atoms with Crippen LogP contribution in [0.3, 0.4) is 0 Å². The fourth-order valence-corrected chi connectivity index (χ4v) is 0.870. The van der Waals surface area contributed by atoms with E-state index in [1.165, 1.54) is 5.56 Å². The van der Waals surface area contributed by atoms with Crippen molar-refractivity contribution in [3.63, 3.8) is 0 Å². The van der Waals surface area contributed by atoms with E-state index in [1.807, 2.05) is 33.0 Å². The molecule has 0 saturated carbocycles. The summed E-state index contributed by atoms with van der Waals surface area (Å²) in [6.45, 7) is 8.09. The molecule has 0 radical (unpaired) electrons. The van der Waals surface area contributed by atoms with Gasteiger partial charge in [0, 0.05) is 23.3 Å². The first kappa shape index (κ1) is 11.0. The second-order valence-electron chi connectivity index (χ2n) is 2.28. The van der Waals surface area contributed by atoms with Gasteiger partial charge >= 0.3 is 0 Å². The first-order valence-corrected chi connectivity index (χ1v) is 4.28. The monoisotopic (exact) mass is 168 g/mol. The molecule has 0 amide bonds. The topological polar surface area (TPSA) is 13.1 Å². The zero-order chi connectivity index (χ0) is 9.56. The van der Waals surface area contributed by atoms with E-state index in [4.69, 9.17) is 4.84 Å². The van der Waals surface area contributed by atoms with Crippen LogP contribution in [0.1, 0.15) is 25.1 Å². The Morgan fingerprint density at radius 2 is 1.83 bits per heavy atom. The summed E-state index contributed by atoms with van der Waals surface area (Å²) in [4.78, 5) is 5.04. The molecule has 0 atom stereocenters. The minimum Gasteiger partial charge on any atom is -0.274 e. The summed E-state index contributed by atoms with van der Waals surface area (Å²) in [5.74, 6) is 0. The summed E-state index contributed by atoms with van der Waals surface area (Å²) in [7, 11) is 1.66. The molecule has 0 aliphatic heterocycles. The zero-order valence-electron chi connectivity index (χ0n) is 8.59. The van der Waals surface area contributed by atoms with Crippen molar-refractivity contribution in [2.24, 2.45) is 0 Å². The molecule has 0 bridgehead atoms. The van der Waals surface area contributed by atoms with Crippen LogP contribution in [0.4, 0.5) is 0 Å². The van der Waals surface area contributed by atoms with Gasteiger partial charge in [-0.2, -0.15) is 0 Å². The van der Waals surface area contributed by atoms with E-state index < -0.39 is 0 Å².